The number of nitrogens with two attached hydrogens (primary N) is 1. The number of ketones is 2. The first-order chi connectivity index (χ1) is 19.3. The van der Waals surface area contributed by atoms with Crippen molar-refractivity contribution >= 4 is 47.2 Å². The summed E-state index contributed by atoms with van der Waals surface area (Å²) in [5, 5.41) is 51.1. The molecular weight excluding hydrogens is 614 g/mol. The van der Waals surface area contributed by atoms with Gasteiger partial charge in [0.05, 0.1) is 23.8 Å². The van der Waals surface area contributed by atoms with E-state index in [0.717, 1.165) is 0 Å². The minimum absolute atomic E-state index is 0. The van der Waals surface area contributed by atoms with Gasteiger partial charge in [-0.05, 0) is 65.3 Å². The number of phenolic OH excluding ortho intramolecular Hbond substituents is 1. The lowest BCUT2D eigenvalue weighted by Crippen LogP contribution is -2.63. The summed E-state index contributed by atoms with van der Waals surface area (Å²) in [4.78, 5) is 55.6. The van der Waals surface area contributed by atoms with Crippen molar-refractivity contribution in [2.75, 3.05) is 45.0 Å². The third-order valence-corrected chi connectivity index (χ3v) is 8.23. The van der Waals surface area contributed by atoms with Gasteiger partial charge >= 0.3 is 0 Å². The number of nitrogens with zero attached hydrogens (tertiary/aromatic N) is 2. The maximum atomic E-state index is 14.1. The number of amides is 2. The Balaban J connectivity index is 0.00000337. The Labute approximate surface area is 266 Å². The number of aromatic hydroxyl groups is 1. The SMILES string of the molecule is CN(C)c1cc(NC(=O)CNC(C)(C)C)c(O)c2c1C[C@H]1C[C@H]3[C@H](N(C)C)C(O)=C(C(N)=O)C(=O)[C@@]3(O)C(O)=C1C2=O.Cl.O.O. The number of hydrogen-bond acceptors (Lipinski definition) is 11. The molecule has 1 aromatic carbocycles. The average Bonchev–Trinajstić information content (AvgIpc) is 2.85. The van der Waals surface area contributed by atoms with E-state index in [1.54, 1.807) is 39.2 Å². The minimum Gasteiger partial charge on any atom is -0.510 e. The second-order valence-corrected chi connectivity index (χ2v) is 12.7. The van der Waals surface area contributed by atoms with Gasteiger partial charge in [-0.2, -0.15) is 0 Å². The third kappa shape index (κ3) is 6.36. The van der Waals surface area contributed by atoms with Crippen LogP contribution in [0.2, 0.25) is 0 Å². The number of primary amides is 1. The highest BCUT2D eigenvalue weighted by Crippen LogP contribution is 2.53. The first-order valence-corrected chi connectivity index (χ1v) is 13.6. The fourth-order valence-corrected chi connectivity index (χ4v) is 6.33. The van der Waals surface area contributed by atoms with Gasteiger partial charge in [-0.1, -0.05) is 0 Å². The molecule has 4 rings (SSSR count). The number of likely N-dealkylation sites (N-methyl/N-ethyl adjacent to an activating group) is 1. The number of anilines is 2. The molecule has 3 aliphatic rings. The van der Waals surface area contributed by atoms with Crippen LogP contribution in [0.25, 0.3) is 0 Å². The Kier molecular flexibility index (Phi) is 11.6. The van der Waals surface area contributed by atoms with Crippen LogP contribution in [0.4, 0.5) is 11.4 Å². The molecule has 1 aromatic rings. The van der Waals surface area contributed by atoms with Crippen molar-refractivity contribution in [2.45, 2.75) is 50.8 Å². The van der Waals surface area contributed by atoms with Crippen LogP contribution in [0, 0.1) is 11.8 Å². The van der Waals surface area contributed by atoms with Crippen LogP contribution < -0.4 is 21.3 Å². The van der Waals surface area contributed by atoms with Gasteiger partial charge in [-0.15, -0.1) is 12.4 Å². The topological polar surface area (TPSA) is 269 Å². The molecule has 0 fully saturated rings. The molecule has 0 unspecified atom stereocenters. The highest BCUT2D eigenvalue weighted by molar-refractivity contribution is 6.25. The van der Waals surface area contributed by atoms with Crippen molar-refractivity contribution in [3.63, 3.8) is 0 Å². The smallest absolute Gasteiger partial charge is 0.255 e. The number of benzene rings is 1. The summed E-state index contributed by atoms with van der Waals surface area (Å²) < 4.78 is 0. The van der Waals surface area contributed by atoms with E-state index >= 15 is 0 Å². The Morgan fingerprint density at radius 3 is 2.16 bits per heavy atom. The second-order valence-electron chi connectivity index (χ2n) is 12.7. The number of phenols is 1. The van der Waals surface area contributed by atoms with Crippen LogP contribution in [0.3, 0.4) is 0 Å². The van der Waals surface area contributed by atoms with Crippen molar-refractivity contribution in [1.82, 2.24) is 10.2 Å². The molecule has 0 saturated heterocycles. The van der Waals surface area contributed by atoms with E-state index in [1.807, 2.05) is 20.8 Å². The summed E-state index contributed by atoms with van der Waals surface area (Å²) in [5.74, 6) is -7.79. The Bertz CT molecular complexity index is 1470. The largest absolute Gasteiger partial charge is 0.510 e. The number of hydrogen-bond donors (Lipinski definition) is 7. The number of nitrogens with one attached hydrogen (secondary N) is 2. The predicted molar refractivity (Wildman–Crippen MR) is 169 cm³/mol. The molecule has 0 aromatic heterocycles. The van der Waals surface area contributed by atoms with Crippen molar-refractivity contribution in [1.29, 1.82) is 0 Å². The second kappa shape index (κ2) is 13.3. The van der Waals surface area contributed by atoms with Gasteiger partial charge in [-0.3, -0.25) is 24.1 Å². The number of Topliss-reactive ketones (excluding diaryl/α,β-unsaturated/α-hetero) is 2. The standard InChI is InChI=1S/C29H39N5O8.ClH.2H2O/c1-28(2,3)31-11-17(35)32-15-10-16(33(4)5)13-8-12-9-14-21(34(6)7)24(38)20(27(30)41)26(40)29(14,42)25(39)18(12)23(37)19(13)22(15)36;;;/h10,12,14,21,31,36,38-39,42H,8-9,11H2,1-7H3,(H2,30,41)(H,32,35);1H;2*1H2/t12-,14-,21-,29-;;;/m0.../s1. The quantitative estimate of drug-likeness (QED) is 0.148. The van der Waals surface area contributed by atoms with Crippen molar-refractivity contribution in [3.8, 4) is 5.75 Å². The Hall–Kier alpha value is -3.73. The third-order valence-electron chi connectivity index (χ3n) is 8.23. The first-order valence-electron chi connectivity index (χ1n) is 13.6. The molecule has 252 valence electrons. The fourth-order valence-electron chi connectivity index (χ4n) is 6.33. The zero-order chi connectivity index (χ0) is 31.6. The predicted octanol–water partition coefficient (Wildman–Crippen LogP) is -0.714. The summed E-state index contributed by atoms with van der Waals surface area (Å²) >= 11 is 0. The summed E-state index contributed by atoms with van der Waals surface area (Å²) in [6, 6.07) is 0.487. The van der Waals surface area contributed by atoms with Crippen LogP contribution in [-0.2, 0) is 20.8 Å². The number of allylic oxidation sites excluding steroid dienone is 1. The molecule has 45 heavy (non-hydrogen) atoms. The van der Waals surface area contributed by atoms with E-state index in [1.165, 1.54) is 4.90 Å². The molecule has 16 heteroatoms. The molecule has 2 amide bonds. The highest BCUT2D eigenvalue weighted by Gasteiger charge is 2.63. The zero-order valence-electron chi connectivity index (χ0n) is 26.2. The van der Waals surface area contributed by atoms with Gasteiger partial charge in [0.2, 0.25) is 11.7 Å². The molecule has 0 bridgehead atoms. The molecule has 0 aliphatic heterocycles. The summed E-state index contributed by atoms with van der Waals surface area (Å²) in [7, 11) is 6.62. The van der Waals surface area contributed by atoms with Crippen molar-refractivity contribution in [3.05, 3.63) is 39.9 Å². The van der Waals surface area contributed by atoms with Crippen LogP contribution in [-0.4, -0.2) is 112 Å². The molecule has 0 radical (unpaired) electrons. The highest BCUT2D eigenvalue weighted by atomic mass is 35.5. The normalized spacial score (nSPS) is 24.0. The van der Waals surface area contributed by atoms with Gasteiger partial charge < -0.3 is 52.6 Å². The monoisotopic (exact) mass is 657 g/mol. The van der Waals surface area contributed by atoms with Crippen molar-refractivity contribution in [2.24, 2.45) is 17.6 Å². The molecule has 0 heterocycles. The van der Waals surface area contributed by atoms with Crippen LogP contribution >= 0.6 is 12.4 Å². The number of aliphatic hydroxyl groups is 3. The van der Waals surface area contributed by atoms with E-state index in [-0.39, 0.29) is 65.1 Å². The summed E-state index contributed by atoms with van der Waals surface area (Å²) in [6.07, 6.45) is 0.117. The van der Waals surface area contributed by atoms with Gasteiger partial charge in [0.25, 0.3) is 5.91 Å². The van der Waals surface area contributed by atoms with Crippen LogP contribution in [0.15, 0.2) is 28.7 Å². The molecular formula is C29H44ClN5O10. The summed E-state index contributed by atoms with van der Waals surface area (Å²) in [5.41, 5.74) is 1.96. The lowest BCUT2D eigenvalue weighted by molar-refractivity contribution is -0.148. The lowest BCUT2D eigenvalue weighted by Gasteiger charge is -2.50. The molecule has 3 aliphatic carbocycles. The van der Waals surface area contributed by atoms with E-state index < -0.39 is 69.7 Å². The van der Waals surface area contributed by atoms with Gasteiger partial charge in [0.1, 0.15) is 17.1 Å². The van der Waals surface area contributed by atoms with Gasteiger partial charge in [0.15, 0.2) is 17.1 Å². The molecule has 0 saturated carbocycles. The lowest BCUT2D eigenvalue weighted by atomic mass is 9.58. The maximum absolute atomic E-state index is 14.1. The first kappa shape index (κ1) is 39.3. The minimum atomic E-state index is -2.73. The zero-order valence-corrected chi connectivity index (χ0v) is 27.0. The molecule has 12 N–H and O–H groups in total. The average molecular weight is 658 g/mol. The number of halogens is 1. The van der Waals surface area contributed by atoms with E-state index in [2.05, 4.69) is 10.6 Å². The van der Waals surface area contributed by atoms with Crippen LogP contribution in [0.1, 0.15) is 43.1 Å². The van der Waals surface area contributed by atoms with Crippen LogP contribution in [0.5, 0.6) is 5.75 Å². The van der Waals surface area contributed by atoms with Crippen molar-refractivity contribution < 1.29 is 50.6 Å². The number of fused-ring (bicyclic) bond motifs is 3. The van der Waals surface area contributed by atoms with E-state index in [9.17, 15) is 39.6 Å². The molecule has 15 nitrogen and oxygen atoms in total. The molecule has 4 atom stereocenters. The number of rotatable bonds is 6. The van der Waals surface area contributed by atoms with Gasteiger partial charge in [-0.25, -0.2) is 0 Å². The van der Waals surface area contributed by atoms with Gasteiger partial charge in [0, 0.05) is 36.8 Å². The maximum Gasteiger partial charge on any atom is 0.255 e. The molecule has 0 spiro atoms. The summed E-state index contributed by atoms with van der Waals surface area (Å²) in [6.45, 7) is 5.60. The van der Waals surface area contributed by atoms with E-state index in [4.69, 9.17) is 5.73 Å². The number of carbonyl (C=O) groups excluding carboxylic acids is 4. The van der Waals surface area contributed by atoms with E-state index in [0.29, 0.717) is 11.3 Å². The Morgan fingerprint density at radius 1 is 1.09 bits per heavy atom. The Morgan fingerprint density at radius 2 is 1.67 bits per heavy atom. The number of carbonyl (C=O) groups is 4. The fraction of sp³-hybridized carbons (Fsp3) is 0.517. The number of aliphatic hydroxyl groups excluding tert-OH is 2.